The molecule has 6 heteroatoms. The average molecular weight is 431 g/mol. The Morgan fingerprint density at radius 2 is 2.06 bits per heavy atom. The van der Waals surface area contributed by atoms with Crippen molar-refractivity contribution in [3.05, 3.63) is 46.8 Å². The highest BCUT2D eigenvalue weighted by atomic mass is 15.1. The number of hydrogen-bond acceptors (Lipinski definition) is 5. The summed E-state index contributed by atoms with van der Waals surface area (Å²) in [7, 11) is 2.18. The molecule has 2 N–H and O–H groups in total. The van der Waals surface area contributed by atoms with Gasteiger partial charge in [-0.2, -0.15) is 0 Å². The zero-order valence-corrected chi connectivity index (χ0v) is 19.5. The van der Waals surface area contributed by atoms with Crippen molar-refractivity contribution in [3.63, 3.8) is 0 Å². The van der Waals surface area contributed by atoms with Crippen molar-refractivity contribution in [2.24, 2.45) is 0 Å². The SMILES string of the molecule is Cc1ccc2[nH]c(-c3cnc(NCCCC4=CCN(C)CC4)nc3C3CCC3)nc2c1C. The van der Waals surface area contributed by atoms with E-state index in [9.17, 15) is 0 Å². The molecule has 3 aromatic rings. The van der Waals surface area contributed by atoms with Gasteiger partial charge in [-0.25, -0.2) is 15.0 Å². The molecule has 2 aromatic heterocycles. The van der Waals surface area contributed by atoms with Crippen LogP contribution in [0.25, 0.3) is 22.4 Å². The second-order valence-electron chi connectivity index (χ2n) is 9.51. The number of nitrogens with one attached hydrogen (secondary N) is 2. The fraction of sp³-hybridized carbons (Fsp3) is 0.500. The van der Waals surface area contributed by atoms with Crippen molar-refractivity contribution in [2.75, 3.05) is 32.0 Å². The van der Waals surface area contributed by atoms with Gasteiger partial charge in [-0.15, -0.1) is 0 Å². The first kappa shape index (κ1) is 21.1. The number of aromatic nitrogens is 4. The van der Waals surface area contributed by atoms with Gasteiger partial charge in [0.1, 0.15) is 5.82 Å². The van der Waals surface area contributed by atoms with Crippen LogP contribution in [0.2, 0.25) is 0 Å². The molecule has 0 saturated heterocycles. The first-order valence-corrected chi connectivity index (χ1v) is 12.0. The zero-order valence-electron chi connectivity index (χ0n) is 19.5. The van der Waals surface area contributed by atoms with Crippen molar-refractivity contribution in [1.82, 2.24) is 24.8 Å². The summed E-state index contributed by atoms with van der Waals surface area (Å²) in [6, 6.07) is 4.27. The highest BCUT2D eigenvalue weighted by Crippen LogP contribution is 2.40. The molecular weight excluding hydrogens is 396 g/mol. The molecule has 6 nitrogen and oxygen atoms in total. The second-order valence-corrected chi connectivity index (χ2v) is 9.51. The van der Waals surface area contributed by atoms with E-state index in [1.807, 2.05) is 6.20 Å². The van der Waals surface area contributed by atoms with E-state index in [-0.39, 0.29) is 0 Å². The van der Waals surface area contributed by atoms with E-state index in [1.54, 1.807) is 5.57 Å². The van der Waals surface area contributed by atoms with Gasteiger partial charge < -0.3 is 15.2 Å². The molecule has 1 fully saturated rings. The van der Waals surface area contributed by atoms with Crippen molar-refractivity contribution < 1.29 is 0 Å². The van der Waals surface area contributed by atoms with E-state index in [0.717, 1.165) is 60.0 Å². The second kappa shape index (κ2) is 9.02. The Labute approximate surface area is 190 Å². The molecular formula is C26H34N6. The summed E-state index contributed by atoms with van der Waals surface area (Å²) in [5.74, 6) is 2.14. The summed E-state index contributed by atoms with van der Waals surface area (Å²) in [6.07, 6.45) is 11.5. The lowest BCUT2D eigenvalue weighted by Crippen LogP contribution is -2.24. The maximum atomic E-state index is 4.97. The number of likely N-dealkylation sites (N-methyl/N-ethyl adjacent to an activating group) is 1. The van der Waals surface area contributed by atoms with Crippen LogP contribution in [0.4, 0.5) is 5.95 Å². The van der Waals surface area contributed by atoms with Gasteiger partial charge >= 0.3 is 0 Å². The lowest BCUT2D eigenvalue weighted by Gasteiger charge is -2.26. The topological polar surface area (TPSA) is 69.7 Å². The normalized spacial score (nSPS) is 17.4. The van der Waals surface area contributed by atoms with Gasteiger partial charge in [-0.1, -0.05) is 24.1 Å². The largest absolute Gasteiger partial charge is 0.354 e. The van der Waals surface area contributed by atoms with E-state index >= 15 is 0 Å². The molecule has 1 aliphatic heterocycles. The van der Waals surface area contributed by atoms with Crippen molar-refractivity contribution >= 4 is 17.0 Å². The third-order valence-corrected chi connectivity index (χ3v) is 7.21. The number of anilines is 1. The summed E-state index contributed by atoms with van der Waals surface area (Å²) >= 11 is 0. The fourth-order valence-electron chi connectivity index (χ4n) is 4.65. The Bertz CT molecular complexity index is 1140. The number of imidazole rings is 1. The minimum Gasteiger partial charge on any atom is -0.354 e. The van der Waals surface area contributed by atoms with Gasteiger partial charge in [0.2, 0.25) is 5.95 Å². The number of benzene rings is 1. The maximum Gasteiger partial charge on any atom is 0.222 e. The van der Waals surface area contributed by atoms with E-state index in [4.69, 9.17) is 9.97 Å². The van der Waals surface area contributed by atoms with Crippen molar-refractivity contribution in [3.8, 4) is 11.4 Å². The van der Waals surface area contributed by atoms with Crippen LogP contribution in [-0.2, 0) is 0 Å². The number of aryl methyl sites for hydroxylation is 2. The molecule has 1 aliphatic carbocycles. The predicted molar refractivity (Wildman–Crippen MR) is 131 cm³/mol. The molecule has 0 radical (unpaired) electrons. The van der Waals surface area contributed by atoms with Gasteiger partial charge in [-0.3, -0.25) is 0 Å². The Morgan fingerprint density at radius 3 is 2.81 bits per heavy atom. The van der Waals surface area contributed by atoms with E-state index in [0.29, 0.717) is 5.92 Å². The predicted octanol–water partition coefficient (Wildman–Crippen LogP) is 5.36. The van der Waals surface area contributed by atoms with Crippen LogP contribution < -0.4 is 5.32 Å². The van der Waals surface area contributed by atoms with Gasteiger partial charge in [0.25, 0.3) is 0 Å². The number of fused-ring (bicyclic) bond motifs is 1. The first-order valence-electron chi connectivity index (χ1n) is 12.0. The van der Waals surface area contributed by atoms with E-state index < -0.39 is 0 Å². The third-order valence-electron chi connectivity index (χ3n) is 7.21. The van der Waals surface area contributed by atoms with Gasteiger partial charge in [0.05, 0.1) is 22.3 Å². The van der Waals surface area contributed by atoms with Crippen molar-refractivity contribution in [1.29, 1.82) is 0 Å². The molecule has 1 saturated carbocycles. The van der Waals surface area contributed by atoms with Gasteiger partial charge in [0.15, 0.2) is 0 Å². The van der Waals surface area contributed by atoms with Crippen LogP contribution >= 0.6 is 0 Å². The number of hydrogen-bond donors (Lipinski definition) is 2. The molecule has 0 bridgehead atoms. The van der Waals surface area contributed by atoms with Crippen LogP contribution in [0.15, 0.2) is 30.0 Å². The molecule has 3 heterocycles. The molecule has 5 rings (SSSR count). The molecule has 0 spiro atoms. The number of rotatable bonds is 7. The summed E-state index contributed by atoms with van der Waals surface area (Å²) in [5, 5.41) is 3.47. The summed E-state index contributed by atoms with van der Waals surface area (Å²) in [6.45, 7) is 7.43. The number of H-pyrrole nitrogens is 1. The summed E-state index contributed by atoms with van der Waals surface area (Å²) < 4.78 is 0. The van der Waals surface area contributed by atoms with Crippen LogP contribution in [-0.4, -0.2) is 51.5 Å². The molecule has 0 amide bonds. The molecule has 32 heavy (non-hydrogen) atoms. The quantitative estimate of drug-likeness (QED) is 0.390. The summed E-state index contributed by atoms with van der Waals surface area (Å²) in [5.41, 5.74) is 8.39. The van der Waals surface area contributed by atoms with Gasteiger partial charge in [-0.05, 0) is 70.2 Å². The fourth-order valence-corrected chi connectivity index (χ4v) is 4.65. The smallest absolute Gasteiger partial charge is 0.222 e. The highest BCUT2D eigenvalue weighted by molar-refractivity contribution is 5.83. The average Bonchev–Trinajstić information content (AvgIpc) is 3.19. The van der Waals surface area contributed by atoms with Crippen LogP contribution in [0.3, 0.4) is 0 Å². The lowest BCUT2D eigenvalue weighted by atomic mass is 9.81. The minimum absolute atomic E-state index is 0.508. The first-order chi connectivity index (χ1) is 15.6. The van der Waals surface area contributed by atoms with Crippen molar-refractivity contribution in [2.45, 2.75) is 58.3 Å². The highest BCUT2D eigenvalue weighted by Gasteiger charge is 2.26. The molecule has 0 atom stereocenters. The van der Waals surface area contributed by atoms with Crippen LogP contribution in [0, 0.1) is 13.8 Å². The van der Waals surface area contributed by atoms with Crippen LogP contribution in [0.5, 0.6) is 0 Å². The Morgan fingerprint density at radius 1 is 1.19 bits per heavy atom. The summed E-state index contributed by atoms with van der Waals surface area (Å²) in [4.78, 5) is 20.4. The Kier molecular flexibility index (Phi) is 5.96. The monoisotopic (exact) mass is 430 g/mol. The third kappa shape index (κ3) is 4.29. The minimum atomic E-state index is 0.508. The maximum absolute atomic E-state index is 4.97. The molecule has 168 valence electrons. The standard InChI is InChI=1S/C26H34N6/c1-17-9-10-22-23(18(17)2)30-25(29-22)21-16-28-26(31-24(21)20-7-4-8-20)27-13-5-6-19-11-14-32(3)15-12-19/h9-11,16,20H,4-8,12-15H2,1-3H3,(H,29,30)(H,27,28,31). The Hall–Kier alpha value is -2.73. The molecule has 1 aromatic carbocycles. The molecule has 0 unspecified atom stereocenters. The number of nitrogens with zero attached hydrogens (tertiary/aromatic N) is 4. The van der Waals surface area contributed by atoms with Gasteiger partial charge in [0, 0.05) is 31.7 Å². The number of aromatic amines is 1. The van der Waals surface area contributed by atoms with E-state index in [2.05, 4.69) is 59.3 Å². The molecule has 2 aliphatic rings. The van der Waals surface area contributed by atoms with Crippen LogP contribution in [0.1, 0.15) is 61.3 Å². The zero-order chi connectivity index (χ0) is 22.1. The Balaban J connectivity index is 1.32. The lowest BCUT2D eigenvalue weighted by molar-refractivity contribution is 0.356. The van der Waals surface area contributed by atoms with E-state index in [1.165, 1.54) is 43.4 Å².